The van der Waals surface area contributed by atoms with E-state index >= 15 is 0 Å². The topological polar surface area (TPSA) is 69.6 Å². The van der Waals surface area contributed by atoms with Crippen LogP contribution in [0.4, 0.5) is 0 Å². The molecule has 0 bridgehead atoms. The smallest absolute Gasteiger partial charge is 0.326 e. The fourth-order valence-electron chi connectivity index (χ4n) is 4.14. The molecule has 2 N–H and O–H groups in total. The van der Waals surface area contributed by atoms with E-state index < -0.39 is 12.0 Å². The standard InChI is InChI=1S/C25H31ClN2O3/c26-21-14-12-20(13-15-21)18-28(23(25(30)31)16-19-8-4-3-5-9-19)24(29)17-27-22-10-6-1-2-7-11-22/h3-5,8-9,12-15,22-23,27H,1-2,6-7,10-11,16-18H2,(H,30,31)/t23-/m0/s1. The lowest BCUT2D eigenvalue weighted by Crippen LogP contribution is -2.50. The molecule has 0 unspecified atom stereocenters. The number of nitrogens with zero attached hydrogens (tertiary/aromatic N) is 1. The number of halogens is 1. The van der Waals surface area contributed by atoms with Crippen molar-refractivity contribution in [1.29, 1.82) is 0 Å². The minimum absolute atomic E-state index is 0.150. The predicted octanol–water partition coefficient (Wildman–Crippen LogP) is 4.68. The van der Waals surface area contributed by atoms with Gasteiger partial charge in [0.15, 0.2) is 0 Å². The van der Waals surface area contributed by atoms with Crippen LogP contribution in [0.25, 0.3) is 0 Å². The monoisotopic (exact) mass is 442 g/mol. The van der Waals surface area contributed by atoms with E-state index in [2.05, 4.69) is 5.32 Å². The Hall–Kier alpha value is -2.37. The van der Waals surface area contributed by atoms with Crippen LogP contribution in [0.2, 0.25) is 5.02 Å². The van der Waals surface area contributed by atoms with Crippen LogP contribution in [0.3, 0.4) is 0 Å². The highest BCUT2D eigenvalue weighted by atomic mass is 35.5. The van der Waals surface area contributed by atoms with Crippen LogP contribution in [0.15, 0.2) is 54.6 Å². The average molecular weight is 443 g/mol. The lowest BCUT2D eigenvalue weighted by molar-refractivity contribution is -0.150. The molecular formula is C25H31ClN2O3. The van der Waals surface area contributed by atoms with Crippen molar-refractivity contribution in [2.75, 3.05) is 6.54 Å². The normalized spacial score (nSPS) is 15.8. The van der Waals surface area contributed by atoms with Crippen molar-refractivity contribution in [3.05, 3.63) is 70.7 Å². The van der Waals surface area contributed by atoms with E-state index in [-0.39, 0.29) is 25.4 Å². The second-order valence-electron chi connectivity index (χ2n) is 8.26. The lowest BCUT2D eigenvalue weighted by Gasteiger charge is -2.30. The summed E-state index contributed by atoms with van der Waals surface area (Å²) in [5.41, 5.74) is 1.74. The largest absolute Gasteiger partial charge is 0.480 e. The third kappa shape index (κ3) is 7.37. The molecule has 0 aliphatic heterocycles. The van der Waals surface area contributed by atoms with Gasteiger partial charge < -0.3 is 15.3 Å². The maximum absolute atomic E-state index is 13.3. The summed E-state index contributed by atoms with van der Waals surface area (Å²) in [5, 5.41) is 14.0. The van der Waals surface area contributed by atoms with Gasteiger partial charge in [-0.05, 0) is 36.1 Å². The molecule has 6 heteroatoms. The van der Waals surface area contributed by atoms with Crippen molar-refractivity contribution >= 4 is 23.5 Å². The van der Waals surface area contributed by atoms with Crippen molar-refractivity contribution < 1.29 is 14.7 Å². The van der Waals surface area contributed by atoms with Crippen LogP contribution in [-0.4, -0.2) is 40.5 Å². The highest BCUT2D eigenvalue weighted by Crippen LogP contribution is 2.19. The quantitative estimate of drug-likeness (QED) is 0.553. The van der Waals surface area contributed by atoms with Crippen LogP contribution >= 0.6 is 11.6 Å². The molecule has 0 radical (unpaired) electrons. The Labute approximate surface area is 189 Å². The van der Waals surface area contributed by atoms with Crippen LogP contribution in [0.1, 0.15) is 49.7 Å². The first-order valence-electron chi connectivity index (χ1n) is 11.1. The minimum atomic E-state index is -0.999. The van der Waals surface area contributed by atoms with Crippen molar-refractivity contribution in [2.45, 2.75) is 63.6 Å². The van der Waals surface area contributed by atoms with Crippen LogP contribution in [-0.2, 0) is 22.6 Å². The van der Waals surface area contributed by atoms with E-state index in [0.717, 1.165) is 24.0 Å². The van der Waals surface area contributed by atoms with Crippen molar-refractivity contribution in [3.8, 4) is 0 Å². The molecule has 1 fully saturated rings. The number of carboxylic acid groups (broad SMARTS) is 1. The van der Waals surface area contributed by atoms with E-state index in [9.17, 15) is 14.7 Å². The number of benzene rings is 2. The Balaban J connectivity index is 1.76. The van der Waals surface area contributed by atoms with Gasteiger partial charge in [0.1, 0.15) is 6.04 Å². The summed E-state index contributed by atoms with van der Waals surface area (Å²) < 4.78 is 0. The zero-order chi connectivity index (χ0) is 22.1. The van der Waals surface area contributed by atoms with E-state index in [0.29, 0.717) is 11.1 Å². The molecule has 1 amide bonds. The number of carbonyl (C=O) groups is 2. The fraction of sp³-hybridized carbons (Fsp3) is 0.440. The summed E-state index contributed by atoms with van der Waals surface area (Å²) in [5.74, 6) is -1.19. The van der Waals surface area contributed by atoms with Gasteiger partial charge >= 0.3 is 5.97 Å². The van der Waals surface area contributed by atoms with Crippen molar-refractivity contribution in [1.82, 2.24) is 10.2 Å². The van der Waals surface area contributed by atoms with Gasteiger partial charge in [-0.2, -0.15) is 0 Å². The maximum atomic E-state index is 13.3. The van der Waals surface area contributed by atoms with Crippen LogP contribution in [0.5, 0.6) is 0 Å². The Bertz CT molecular complexity index is 834. The van der Waals surface area contributed by atoms with Gasteiger partial charge in [0.25, 0.3) is 0 Å². The third-order valence-electron chi connectivity index (χ3n) is 5.92. The molecule has 0 heterocycles. The maximum Gasteiger partial charge on any atom is 0.326 e. The highest BCUT2D eigenvalue weighted by Gasteiger charge is 2.30. The van der Waals surface area contributed by atoms with Gasteiger partial charge in [0.2, 0.25) is 5.91 Å². The zero-order valence-corrected chi connectivity index (χ0v) is 18.6. The van der Waals surface area contributed by atoms with Gasteiger partial charge in [-0.1, -0.05) is 79.7 Å². The van der Waals surface area contributed by atoms with Gasteiger partial charge in [0.05, 0.1) is 6.54 Å². The molecule has 0 aromatic heterocycles. The number of carboxylic acids is 1. The first kappa shape index (κ1) is 23.3. The number of hydrogen-bond donors (Lipinski definition) is 2. The molecule has 166 valence electrons. The summed E-state index contributed by atoms with van der Waals surface area (Å²) in [6.07, 6.45) is 7.23. The van der Waals surface area contributed by atoms with Gasteiger partial charge in [0, 0.05) is 24.0 Å². The number of amides is 1. The molecule has 1 aliphatic rings. The lowest BCUT2D eigenvalue weighted by atomic mass is 10.0. The SMILES string of the molecule is O=C(O)[C@H](Cc1ccccc1)N(Cc1ccc(Cl)cc1)C(=O)CNC1CCCCCC1. The Kier molecular flexibility index (Phi) is 8.92. The first-order valence-corrected chi connectivity index (χ1v) is 11.4. The third-order valence-corrected chi connectivity index (χ3v) is 6.17. The Morgan fingerprint density at radius 1 is 0.968 bits per heavy atom. The summed E-state index contributed by atoms with van der Waals surface area (Å²) in [6.45, 7) is 0.378. The molecule has 3 rings (SSSR count). The second kappa shape index (κ2) is 11.9. The molecule has 0 spiro atoms. The van der Waals surface area contributed by atoms with Crippen LogP contribution in [0, 0.1) is 0 Å². The van der Waals surface area contributed by atoms with Crippen LogP contribution < -0.4 is 5.32 Å². The first-order chi connectivity index (χ1) is 15.0. The van der Waals surface area contributed by atoms with E-state index in [4.69, 9.17) is 11.6 Å². The molecule has 5 nitrogen and oxygen atoms in total. The van der Waals surface area contributed by atoms with Gasteiger partial charge in [-0.25, -0.2) is 4.79 Å². The minimum Gasteiger partial charge on any atom is -0.480 e. The molecule has 31 heavy (non-hydrogen) atoms. The van der Waals surface area contributed by atoms with E-state index in [1.54, 1.807) is 12.1 Å². The summed E-state index contributed by atoms with van der Waals surface area (Å²) >= 11 is 6.00. The Morgan fingerprint density at radius 3 is 2.23 bits per heavy atom. The van der Waals surface area contributed by atoms with Crippen molar-refractivity contribution in [2.24, 2.45) is 0 Å². The van der Waals surface area contributed by atoms with Gasteiger partial charge in [-0.15, -0.1) is 0 Å². The average Bonchev–Trinajstić information content (AvgIpc) is 3.05. The molecular weight excluding hydrogens is 412 g/mol. The predicted molar refractivity (Wildman–Crippen MR) is 123 cm³/mol. The number of carbonyl (C=O) groups excluding carboxylic acids is 1. The summed E-state index contributed by atoms with van der Waals surface area (Å²) in [6, 6.07) is 16.0. The molecule has 1 aliphatic carbocycles. The molecule has 1 atom stereocenters. The second-order valence-corrected chi connectivity index (χ2v) is 8.70. The van der Waals surface area contributed by atoms with E-state index in [1.807, 2.05) is 42.5 Å². The number of aliphatic carboxylic acids is 1. The zero-order valence-electron chi connectivity index (χ0n) is 17.8. The summed E-state index contributed by atoms with van der Waals surface area (Å²) in [7, 11) is 0. The number of rotatable bonds is 9. The highest BCUT2D eigenvalue weighted by molar-refractivity contribution is 6.30. The number of nitrogens with one attached hydrogen (secondary N) is 1. The summed E-state index contributed by atoms with van der Waals surface area (Å²) in [4.78, 5) is 27.0. The van der Waals surface area contributed by atoms with E-state index in [1.165, 1.54) is 30.6 Å². The molecule has 0 saturated heterocycles. The molecule has 1 saturated carbocycles. The van der Waals surface area contributed by atoms with Gasteiger partial charge in [-0.3, -0.25) is 4.79 Å². The van der Waals surface area contributed by atoms with Crippen molar-refractivity contribution in [3.63, 3.8) is 0 Å². The molecule has 2 aromatic rings. The number of hydrogen-bond acceptors (Lipinski definition) is 3. The molecule has 2 aromatic carbocycles. The Morgan fingerprint density at radius 2 is 1.61 bits per heavy atom. The fourth-order valence-corrected chi connectivity index (χ4v) is 4.27.